The highest BCUT2D eigenvalue weighted by atomic mass is 79.9. The number of halogens is 3. The minimum absolute atomic E-state index is 0.366. The van der Waals surface area contributed by atoms with Crippen LogP contribution < -0.4 is 5.32 Å². The lowest BCUT2D eigenvalue weighted by Gasteiger charge is -2.15. The summed E-state index contributed by atoms with van der Waals surface area (Å²) in [6.45, 7) is 1.68. The Kier molecular flexibility index (Phi) is 4.89. The monoisotopic (exact) mass is 325 g/mol. The van der Waals surface area contributed by atoms with E-state index in [1.165, 1.54) is 7.11 Å². The SMILES string of the molecule is COC(=O)C(C)Nc1ccc(Br)c(Cl)c1Cl. The van der Waals surface area contributed by atoms with E-state index in [9.17, 15) is 4.79 Å². The fraction of sp³-hybridized carbons (Fsp3) is 0.300. The van der Waals surface area contributed by atoms with Crippen molar-refractivity contribution in [2.75, 3.05) is 12.4 Å². The maximum atomic E-state index is 11.2. The van der Waals surface area contributed by atoms with Crippen molar-refractivity contribution in [3.8, 4) is 0 Å². The summed E-state index contributed by atoms with van der Waals surface area (Å²) < 4.78 is 5.30. The van der Waals surface area contributed by atoms with Crippen LogP contribution in [-0.2, 0) is 9.53 Å². The quantitative estimate of drug-likeness (QED) is 0.679. The van der Waals surface area contributed by atoms with Gasteiger partial charge in [0.2, 0.25) is 0 Å². The van der Waals surface area contributed by atoms with Gasteiger partial charge in [0.25, 0.3) is 0 Å². The minimum atomic E-state index is -0.486. The molecule has 1 aromatic carbocycles. The number of methoxy groups -OCH3 is 1. The molecule has 3 nitrogen and oxygen atoms in total. The standard InChI is InChI=1S/C10H10BrCl2NO2/c1-5(10(15)16-2)14-7-4-3-6(11)8(12)9(7)13/h3-5,14H,1-2H3. The molecule has 0 radical (unpaired) electrons. The molecule has 0 saturated carbocycles. The van der Waals surface area contributed by atoms with Crippen molar-refractivity contribution in [2.45, 2.75) is 13.0 Å². The van der Waals surface area contributed by atoms with Gasteiger partial charge in [0, 0.05) is 4.47 Å². The largest absolute Gasteiger partial charge is 0.467 e. The number of benzene rings is 1. The van der Waals surface area contributed by atoms with Crippen LogP contribution in [0.5, 0.6) is 0 Å². The third-order valence-corrected chi connectivity index (χ3v) is 3.73. The molecule has 0 aliphatic rings. The van der Waals surface area contributed by atoms with E-state index in [2.05, 4.69) is 26.0 Å². The zero-order chi connectivity index (χ0) is 12.3. The number of hydrogen-bond acceptors (Lipinski definition) is 3. The van der Waals surface area contributed by atoms with Gasteiger partial charge in [-0.3, -0.25) is 0 Å². The Hall–Kier alpha value is -0.450. The molecule has 0 fully saturated rings. The van der Waals surface area contributed by atoms with Gasteiger partial charge in [-0.25, -0.2) is 4.79 Å². The zero-order valence-electron chi connectivity index (χ0n) is 8.68. The number of ether oxygens (including phenoxy) is 1. The summed E-state index contributed by atoms with van der Waals surface area (Å²) in [6.07, 6.45) is 0. The van der Waals surface area contributed by atoms with E-state index in [1.54, 1.807) is 19.1 Å². The molecular formula is C10H10BrCl2NO2. The molecule has 0 spiro atoms. The smallest absolute Gasteiger partial charge is 0.327 e. The van der Waals surface area contributed by atoms with Crippen molar-refractivity contribution in [3.05, 3.63) is 26.7 Å². The van der Waals surface area contributed by atoms with Gasteiger partial charge in [-0.15, -0.1) is 0 Å². The molecule has 0 aromatic heterocycles. The van der Waals surface area contributed by atoms with E-state index in [-0.39, 0.29) is 5.97 Å². The van der Waals surface area contributed by atoms with Crippen molar-refractivity contribution in [2.24, 2.45) is 0 Å². The van der Waals surface area contributed by atoms with Crippen molar-refractivity contribution in [1.82, 2.24) is 0 Å². The van der Waals surface area contributed by atoms with E-state index < -0.39 is 6.04 Å². The molecule has 0 heterocycles. The second-order valence-corrected chi connectivity index (χ2v) is 4.72. The predicted octanol–water partition coefficient (Wildman–Crippen LogP) is 3.73. The minimum Gasteiger partial charge on any atom is -0.467 e. The van der Waals surface area contributed by atoms with Crippen molar-refractivity contribution < 1.29 is 9.53 Å². The summed E-state index contributed by atoms with van der Waals surface area (Å²) in [7, 11) is 1.33. The molecule has 0 amide bonds. The third-order valence-electron chi connectivity index (χ3n) is 1.96. The van der Waals surface area contributed by atoms with Crippen LogP contribution in [0.3, 0.4) is 0 Å². The van der Waals surface area contributed by atoms with Crippen LogP contribution >= 0.6 is 39.1 Å². The van der Waals surface area contributed by atoms with Crippen LogP contribution in [0.1, 0.15) is 6.92 Å². The number of nitrogens with one attached hydrogen (secondary N) is 1. The van der Waals surface area contributed by atoms with E-state index in [0.717, 1.165) is 0 Å². The van der Waals surface area contributed by atoms with Crippen molar-refractivity contribution >= 4 is 50.8 Å². The van der Waals surface area contributed by atoms with Gasteiger partial charge < -0.3 is 10.1 Å². The second kappa shape index (κ2) is 5.75. The first-order valence-electron chi connectivity index (χ1n) is 4.45. The number of carbonyl (C=O) groups excluding carboxylic acids is 1. The molecular weight excluding hydrogens is 317 g/mol. The number of anilines is 1. The second-order valence-electron chi connectivity index (χ2n) is 3.11. The van der Waals surface area contributed by atoms with Crippen LogP contribution in [-0.4, -0.2) is 19.1 Å². The highest BCUT2D eigenvalue weighted by Crippen LogP contribution is 2.36. The van der Waals surface area contributed by atoms with E-state index >= 15 is 0 Å². The van der Waals surface area contributed by atoms with Gasteiger partial charge in [0.1, 0.15) is 6.04 Å². The third kappa shape index (κ3) is 3.03. The van der Waals surface area contributed by atoms with Crippen molar-refractivity contribution in [3.63, 3.8) is 0 Å². The summed E-state index contributed by atoms with van der Waals surface area (Å²) in [6, 6.07) is 3.00. The zero-order valence-corrected chi connectivity index (χ0v) is 11.8. The summed E-state index contributed by atoms with van der Waals surface area (Å²) in [4.78, 5) is 11.2. The summed E-state index contributed by atoms with van der Waals surface area (Å²) in [5.74, 6) is -0.366. The van der Waals surface area contributed by atoms with Gasteiger partial charge in [-0.2, -0.15) is 0 Å². The fourth-order valence-electron chi connectivity index (χ4n) is 1.11. The molecule has 1 aromatic rings. The fourth-order valence-corrected chi connectivity index (χ4v) is 1.94. The lowest BCUT2D eigenvalue weighted by atomic mass is 10.2. The first-order valence-corrected chi connectivity index (χ1v) is 6.00. The molecule has 1 unspecified atom stereocenters. The Bertz CT molecular complexity index is 412. The lowest BCUT2D eigenvalue weighted by Crippen LogP contribution is -2.27. The number of carbonyl (C=O) groups is 1. The van der Waals surface area contributed by atoms with Crippen LogP contribution in [0.4, 0.5) is 5.69 Å². The number of hydrogen-bond donors (Lipinski definition) is 1. The molecule has 0 saturated heterocycles. The molecule has 6 heteroatoms. The summed E-state index contributed by atoms with van der Waals surface area (Å²) in [5, 5.41) is 3.69. The summed E-state index contributed by atoms with van der Waals surface area (Å²) in [5.41, 5.74) is 0.591. The maximum absolute atomic E-state index is 11.2. The predicted molar refractivity (Wildman–Crippen MR) is 69.3 cm³/mol. The summed E-state index contributed by atoms with van der Waals surface area (Å²) >= 11 is 15.2. The Morgan fingerprint density at radius 2 is 2.06 bits per heavy atom. The average molecular weight is 327 g/mol. The molecule has 0 aliphatic heterocycles. The van der Waals surface area contributed by atoms with Gasteiger partial charge >= 0.3 is 5.97 Å². The Balaban J connectivity index is 2.90. The highest BCUT2D eigenvalue weighted by molar-refractivity contribution is 9.10. The van der Waals surface area contributed by atoms with Crippen LogP contribution in [0.15, 0.2) is 16.6 Å². The van der Waals surface area contributed by atoms with E-state index in [4.69, 9.17) is 23.2 Å². The Labute approximate surface area is 112 Å². The Morgan fingerprint density at radius 3 is 2.62 bits per heavy atom. The molecule has 88 valence electrons. The first kappa shape index (κ1) is 13.6. The lowest BCUT2D eigenvalue weighted by molar-refractivity contribution is -0.141. The van der Waals surface area contributed by atoms with E-state index in [0.29, 0.717) is 20.2 Å². The topological polar surface area (TPSA) is 38.3 Å². The molecule has 0 bridgehead atoms. The van der Waals surface area contributed by atoms with Gasteiger partial charge in [-0.05, 0) is 35.0 Å². The maximum Gasteiger partial charge on any atom is 0.327 e. The van der Waals surface area contributed by atoms with Gasteiger partial charge in [0.15, 0.2) is 0 Å². The normalized spacial score (nSPS) is 12.1. The highest BCUT2D eigenvalue weighted by Gasteiger charge is 2.15. The Morgan fingerprint density at radius 1 is 1.44 bits per heavy atom. The molecule has 1 N–H and O–H groups in total. The van der Waals surface area contributed by atoms with Crippen molar-refractivity contribution in [1.29, 1.82) is 0 Å². The van der Waals surface area contributed by atoms with Gasteiger partial charge in [-0.1, -0.05) is 23.2 Å². The molecule has 1 atom stereocenters. The van der Waals surface area contributed by atoms with Crippen LogP contribution in [0.25, 0.3) is 0 Å². The number of esters is 1. The first-order chi connectivity index (χ1) is 7.47. The van der Waals surface area contributed by atoms with Gasteiger partial charge in [0.05, 0.1) is 22.8 Å². The molecule has 1 rings (SSSR count). The van der Waals surface area contributed by atoms with E-state index in [1.807, 2.05) is 0 Å². The van der Waals surface area contributed by atoms with Crippen LogP contribution in [0, 0.1) is 0 Å². The average Bonchev–Trinajstić information content (AvgIpc) is 2.28. The molecule has 0 aliphatic carbocycles. The van der Waals surface area contributed by atoms with Crippen LogP contribution in [0.2, 0.25) is 10.0 Å². The molecule has 16 heavy (non-hydrogen) atoms. The number of rotatable bonds is 3.